The molecule has 1 aliphatic carbocycles. The van der Waals surface area contributed by atoms with Crippen LogP contribution in [0.15, 0.2) is 0 Å². The second-order valence-electron chi connectivity index (χ2n) is 5.06. The highest BCUT2D eigenvalue weighted by atomic mass is 14.6. The van der Waals surface area contributed by atoms with Crippen LogP contribution >= 0.6 is 0 Å². The summed E-state index contributed by atoms with van der Waals surface area (Å²) in [6, 6.07) is 0. The molecule has 12 heavy (non-hydrogen) atoms. The van der Waals surface area contributed by atoms with Gasteiger partial charge in [0.25, 0.3) is 0 Å². The first kappa shape index (κ1) is 10.0. The molecule has 0 amide bonds. The summed E-state index contributed by atoms with van der Waals surface area (Å²) >= 11 is 0. The summed E-state index contributed by atoms with van der Waals surface area (Å²) in [5, 5.41) is 0. The van der Waals surface area contributed by atoms with E-state index in [4.69, 9.17) is 11.5 Å². The predicted octanol–water partition coefficient (Wildman–Crippen LogP) is 1.49. The summed E-state index contributed by atoms with van der Waals surface area (Å²) in [6.07, 6.45) is 5.05. The zero-order chi connectivity index (χ0) is 9.24. The van der Waals surface area contributed by atoms with E-state index in [-0.39, 0.29) is 0 Å². The molecule has 0 spiro atoms. The second-order valence-corrected chi connectivity index (χ2v) is 5.06. The molecule has 0 heterocycles. The Kier molecular flexibility index (Phi) is 2.79. The van der Waals surface area contributed by atoms with Gasteiger partial charge in [-0.1, -0.05) is 20.3 Å². The van der Waals surface area contributed by atoms with E-state index >= 15 is 0 Å². The van der Waals surface area contributed by atoms with Gasteiger partial charge in [0.1, 0.15) is 0 Å². The van der Waals surface area contributed by atoms with Crippen molar-refractivity contribution >= 4 is 0 Å². The van der Waals surface area contributed by atoms with E-state index in [1.807, 2.05) is 0 Å². The van der Waals surface area contributed by atoms with Crippen LogP contribution in [0.3, 0.4) is 0 Å². The van der Waals surface area contributed by atoms with Gasteiger partial charge in [-0.3, -0.25) is 0 Å². The van der Waals surface area contributed by atoms with Gasteiger partial charge in [-0.25, -0.2) is 0 Å². The van der Waals surface area contributed by atoms with Crippen molar-refractivity contribution in [2.45, 2.75) is 39.5 Å². The zero-order valence-corrected chi connectivity index (χ0v) is 8.40. The van der Waals surface area contributed by atoms with Crippen molar-refractivity contribution in [3.05, 3.63) is 0 Å². The molecule has 0 bridgehead atoms. The van der Waals surface area contributed by atoms with Crippen LogP contribution in [0.25, 0.3) is 0 Å². The Morgan fingerprint density at radius 1 is 1.00 bits per heavy atom. The molecular weight excluding hydrogens is 148 g/mol. The first-order valence-corrected chi connectivity index (χ1v) is 4.94. The van der Waals surface area contributed by atoms with Crippen molar-refractivity contribution in [3.63, 3.8) is 0 Å². The van der Waals surface area contributed by atoms with Gasteiger partial charge in [0.05, 0.1) is 0 Å². The molecule has 0 radical (unpaired) electrons. The lowest BCUT2D eigenvalue weighted by Crippen LogP contribution is -2.41. The maximum absolute atomic E-state index is 5.77. The zero-order valence-electron chi connectivity index (χ0n) is 8.40. The minimum Gasteiger partial charge on any atom is -0.330 e. The molecule has 2 atom stereocenters. The van der Waals surface area contributed by atoms with E-state index in [0.29, 0.717) is 10.8 Å². The van der Waals surface area contributed by atoms with Crippen molar-refractivity contribution in [3.8, 4) is 0 Å². The molecule has 4 N–H and O–H groups in total. The van der Waals surface area contributed by atoms with Gasteiger partial charge in [-0.2, -0.15) is 0 Å². The van der Waals surface area contributed by atoms with Crippen molar-refractivity contribution in [1.29, 1.82) is 0 Å². The molecule has 72 valence electrons. The Morgan fingerprint density at radius 3 is 1.75 bits per heavy atom. The molecule has 1 aliphatic rings. The third-order valence-electron chi connectivity index (χ3n) is 3.40. The average molecular weight is 170 g/mol. The Bertz CT molecular complexity index is 142. The first-order valence-electron chi connectivity index (χ1n) is 4.94. The monoisotopic (exact) mass is 170 g/mol. The van der Waals surface area contributed by atoms with Crippen LogP contribution in [0.5, 0.6) is 0 Å². The van der Waals surface area contributed by atoms with Gasteiger partial charge in [0, 0.05) is 0 Å². The lowest BCUT2D eigenvalue weighted by molar-refractivity contribution is 0.0978. The number of rotatable bonds is 2. The highest BCUT2D eigenvalue weighted by Gasteiger charge is 2.37. The van der Waals surface area contributed by atoms with Crippen LogP contribution in [0, 0.1) is 10.8 Å². The highest BCUT2D eigenvalue weighted by molar-refractivity contribution is 4.90. The minimum absolute atomic E-state index is 0.354. The molecule has 1 saturated carbocycles. The van der Waals surface area contributed by atoms with Gasteiger partial charge >= 0.3 is 0 Å². The maximum Gasteiger partial charge on any atom is -0.00230 e. The SMILES string of the molecule is CC1(CN)CCCC(C)(CN)C1. The summed E-state index contributed by atoms with van der Waals surface area (Å²) in [5.41, 5.74) is 12.3. The summed E-state index contributed by atoms with van der Waals surface area (Å²) in [5.74, 6) is 0. The molecule has 1 fully saturated rings. The summed E-state index contributed by atoms with van der Waals surface area (Å²) in [7, 11) is 0. The van der Waals surface area contributed by atoms with E-state index < -0.39 is 0 Å². The van der Waals surface area contributed by atoms with Crippen LogP contribution in [0.2, 0.25) is 0 Å². The molecule has 1 rings (SSSR count). The molecule has 2 heteroatoms. The molecule has 0 aliphatic heterocycles. The van der Waals surface area contributed by atoms with Crippen LogP contribution < -0.4 is 11.5 Å². The van der Waals surface area contributed by atoms with E-state index in [1.54, 1.807) is 0 Å². The fourth-order valence-corrected chi connectivity index (χ4v) is 2.50. The van der Waals surface area contributed by atoms with Crippen LogP contribution in [-0.2, 0) is 0 Å². The molecule has 0 saturated heterocycles. The topological polar surface area (TPSA) is 52.0 Å². The van der Waals surface area contributed by atoms with Crippen LogP contribution in [-0.4, -0.2) is 13.1 Å². The normalized spacial score (nSPS) is 43.0. The summed E-state index contributed by atoms with van der Waals surface area (Å²) in [6.45, 7) is 6.20. The van der Waals surface area contributed by atoms with Crippen LogP contribution in [0.4, 0.5) is 0 Å². The van der Waals surface area contributed by atoms with Crippen molar-refractivity contribution < 1.29 is 0 Å². The van der Waals surface area contributed by atoms with Gasteiger partial charge in [0.15, 0.2) is 0 Å². The fourth-order valence-electron chi connectivity index (χ4n) is 2.50. The Hall–Kier alpha value is -0.0800. The largest absolute Gasteiger partial charge is 0.330 e. The molecule has 2 unspecified atom stereocenters. The quantitative estimate of drug-likeness (QED) is 0.659. The lowest BCUT2D eigenvalue weighted by Gasteiger charge is -2.43. The molecule has 2 nitrogen and oxygen atoms in total. The Morgan fingerprint density at radius 2 is 1.42 bits per heavy atom. The average Bonchev–Trinajstić information content (AvgIpc) is 2.05. The predicted molar refractivity (Wildman–Crippen MR) is 52.8 cm³/mol. The molecular formula is C10H22N2. The maximum atomic E-state index is 5.77. The number of hydrogen-bond donors (Lipinski definition) is 2. The summed E-state index contributed by atoms with van der Waals surface area (Å²) < 4.78 is 0. The molecule has 0 aromatic heterocycles. The third-order valence-corrected chi connectivity index (χ3v) is 3.40. The standard InChI is InChI=1S/C10H22N2/c1-9(7-11)4-3-5-10(2,6-9)8-12/h3-8,11-12H2,1-2H3. The first-order chi connectivity index (χ1) is 5.54. The summed E-state index contributed by atoms with van der Waals surface area (Å²) in [4.78, 5) is 0. The lowest BCUT2D eigenvalue weighted by atomic mass is 9.63. The van der Waals surface area contributed by atoms with Crippen molar-refractivity contribution in [2.75, 3.05) is 13.1 Å². The van der Waals surface area contributed by atoms with E-state index in [1.165, 1.54) is 25.7 Å². The smallest absolute Gasteiger partial charge is 0.00230 e. The molecule has 0 aromatic rings. The Labute approximate surface area is 75.7 Å². The van der Waals surface area contributed by atoms with E-state index in [0.717, 1.165) is 13.1 Å². The molecule has 0 aromatic carbocycles. The van der Waals surface area contributed by atoms with Gasteiger partial charge in [-0.15, -0.1) is 0 Å². The van der Waals surface area contributed by atoms with Gasteiger partial charge < -0.3 is 11.5 Å². The number of nitrogens with two attached hydrogens (primary N) is 2. The highest BCUT2D eigenvalue weighted by Crippen LogP contribution is 2.44. The fraction of sp³-hybridized carbons (Fsp3) is 1.00. The van der Waals surface area contributed by atoms with Gasteiger partial charge in [0.2, 0.25) is 0 Å². The Balaban J connectivity index is 2.62. The third kappa shape index (κ3) is 1.99. The van der Waals surface area contributed by atoms with Crippen LogP contribution in [0.1, 0.15) is 39.5 Å². The van der Waals surface area contributed by atoms with Crippen molar-refractivity contribution in [1.82, 2.24) is 0 Å². The second kappa shape index (κ2) is 3.35. The number of hydrogen-bond acceptors (Lipinski definition) is 2. The van der Waals surface area contributed by atoms with E-state index in [9.17, 15) is 0 Å². The minimum atomic E-state index is 0.354. The van der Waals surface area contributed by atoms with E-state index in [2.05, 4.69) is 13.8 Å². The van der Waals surface area contributed by atoms with Gasteiger partial charge in [-0.05, 0) is 43.2 Å². The van der Waals surface area contributed by atoms with Crippen molar-refractivity contribution in [2.24, 2.45) is 22.3 Å².